The Kier molecular flexibility index (Phi) is 4.10. The average Bonchev–Trinajstić information content (AvgIpc) is 2.76. The standard InChI is InChI=1S/C13H18N4O2S/c1-9-13(10(2)17-16-9)8-15-11-4-6-12(7-5-11)20(18,19)14-3/h4-7,14-15H,8H2,1-3H3,(H,16,17). The minimum atomic E-state index is -3.38. The van der Waals surface area contributed by atoms with Gasteiger partial charge in [-0.25, -0.2) is 13.1 Å². The van der Waals surface area contributed by atoms with Gasteiger partial charge in [-0.1, -0.05) is 0 Å². The normalized spacial score (nSPS) is 11.6. The molecule has 1 aromatic carbocycles. The number of anilines is 1. The Morgan fingerprint density at radius 3 is 2.35 bits per heavy atom. The van der Waals surface area contributed by atoms with E-state index in [9.17, 15) is 8.42 Å². The van der Waals surface area contributed by atoms with Crippen molar-refractivity contribution in [2.45, 2.75) is 25.3 Å². The second-order valence-corrected chi connectivity index (χ2v) is 6.38. The number of aromatic amines is 1. The summed E-state index contributed by atoms with van der Waals surface area (Å²) in [6.45, 7) is 4.56. The van der Waals surface area contributed by atoms with E-state index in [4.69, 9.17) is 0 Å². The Labute approximate surface area is 118 Å². The monoisotopic (exact) mass is 294 g/mol. The first-order chi connectivity index (χ1) is 9.44. The summed E-state index contributed by atoms with van der Waals surface area (Å²) in [5.41, 5.74) is 3.98. The van der Waals surface area contributed by atoms with Gasteiger partial charge >= 0.3 is 0 Å². The maximum absolute atomic E-state index is 11.6. The molecule has 0 saturated carbocycles. The highest BCUT2D eigenvalue weighted by Gasteiger charge is 2.10. The fraction of sp³-hybridized carbons (Fsp3) is 0.308. The van der Waals surface area contributed by atoms with Crippen LogP contribution in [0.5, 0.6) is 0 Å². The molecule has 1 heterocycles. The number of hydrogen-bond acceptors (Lipinski definition) is 4. The van der Waals surface area contributed by atoms with Crippen LogP contribution in [0.1, 0.15) is 17.0 Å². The third-order valence-corrected chi connectivity index (χ3v) is 4.61. The Balaban J connectivity index is 2.09. The van der Waals surface area contributed by atoms with Gasteiger partial charge in [0.25, 0.3) is 0 Å². The lowest BCUT2D eigenvalue weighted by molar-refractivity contribution is 0.588. The van der Waals surface area contributed by atoms with Crippen LogP contribution in [0.4, 0.5) is 5.69 Å². The van der Waals surface area contributed by atoms with Gasteiger partial charge in [-0.15, -0.1) is 0 Å². The molecule has 0 spiro atoms. The van der Waals surface area contributed by atoms with Gasteiger partial charge in [0, 0.05) is 23.5 Å². The van der Waals surface area contributed by atoms with Crippen LogP contribution in [0.25, 0.3) is 0 Å². The predicted molar refractivity (Wildman–Crippen MR) is 78.1 cm³/mol. The molecule has 108 valence electrons. The molecule has 0 fully saturated rings. The van der Waals surface area contributed by atoms with E-state index in [1.54, 1.807) is 24.3 Å². The zero-order valence-corrected chi connectivity index (χ0v) is 12.5. The molecule has 7 heteroatoms. The minimum absolute atomic E-state index is 0.251. The lowest BCUT2D eigenvalue weighted by atomic mass is 10.2. The Morgan fingerprint density at radius 1 is 1.20 bits per heavy atom. The van der Waals surface area contributed by atoms with Gasteiger partial charge in [0.2, 0.25) is 10.0 Å². The van der Waals surface area contributed by atoms with Crippen LogP contribution in [-0.4, -0.2) is 25.7 Å². The molecule has 0 saturated heterocycles. The number of aromatic nitrogens is 2. The van der Waals surface area contributed by atoms with E-state index in [1.165, 1.54) is 7.05 Å². The van der Waals surface area contributed by atoms with Crippen LogP contribution in [0.2, 0.25) is 0 Å². The molecule has 0 aliphatic rings. The fourth-order valence-corrected chi connectivity index (χ4v) is 2.62. The molecule has 0 unspecified atom stereocenters. The van der Waals surface area contributed by atoms with Crippen molar-refractivity contribution in [3.8, 4) is 0 Å². The summed E-state index contributed by atoms with van der Waals surface area (Å²) in [5.74, 6) is 0. The molecule has 0 bridgehead atoms. The van der Waals surface area contributed by atoms with Crippen molar-refractivity contribution < 1.29 is 8.42 Å². The molecule has 0 radical (unpaired) electrons. The lowest BCUT2D eigenvalue weighted by Crippen LogP contribution is -2.18. The smallest absolute Gasteiger partial charge is 0.240 e. The molecular formula is C13H18N4O2S. The van der Waals surface area contributed by atoms with E-state index in [-0.39, 0.29) is 4.90 Å². The second-order valence-electron chi connectivity index (χ2n) is 4.50. The van der Waals surface area contributed by atoms with Gasteiger partial charge in [-0.05, 0) is 45.2 Å². The number of sulfonamides is 1. The second kappa shape index (κ2) is 5.64. The third kappa shape index (κ3) is 3.00. The largest absolute Gasteiger partial charge is 0.381 e. The van der Waals surface area contributed by atoms with E-state index < -0.39 is 10.0 Å². The summed E-state index contributed by atoms with van der Waals surface area (Å²) >= 11 is 0. The molecular weight excluding hydrogens is 276 g/mol. The first kappa shape index (κ1) is 14.5. The highest BCUT2D eigenvalue weighted by Crippen LogP contribution is 2.16. The molecule has 1 aromatic heterocycles. The van der Waals surface area contributed by atoms with Crippen molar-refractivity contribution >= 4 is 15.7 Å². The summed E-state index contributed by atoms with van der Waals surface area (Å²) in [4.78, 5) is 0.251. The van der Waals surface area contributed by atoms with Crippen LogP contribution in [0.15, 0.2) is 29.2 Å². The topological polar surface area (TPSA) is 86.9 Å². The number of benzene rings is 1. The summed E-state index contributed by atoms with van der Waals surface area (Å²) in [6, 6.07) is 6.64. The zero-order chi connectivity index (χ0) is 14.8. The lowest BCUT2D eigenvalue weighted by Gasteiger charge is -2.08. The molecule has 0 aliphatic heterocycles. The maximum Gasteiger partial charge on any atom is 0.240 e. The number of nitrogens with one attached hydrogen (secondary N) is 3. The summed E-state index contributed by atoms with van der Waals surface area (Å²) in [6.07, 6.45) is 0. The van der Waals surface area contributed by atoms with Crippen molar-refractivity contribution in [3.05, 3.63) is 41.2 Å². The van der Waals surface area contributed by atoms with E-state index in [0.29, 0.717) is 6.54 Å². The van der Waals surface area contributed by atoms with Gasteiger partial charge in [0.15, 0.2) is 0 Å². The van der Waals surface area contributed by atoms with Crippen molar-refractivity contribution in [1.29, 1.82) is 0 Å². The number of H-pyrrole nitrogens is 1. The van der Waals surface area contributed by atoms with Crippen molar-refractivity contribution in [3.63, 3.8) is 0 Å². The van der Waals surface area contributed by atoms with E-state index in [1.807, 2.05) is 13.8 Å². The first-order valence-corrected chi connectivity index (χ1v) is 7.70. The predicted octanol–water partition coefficient (Wildman–Crippen LogP) is 1.55. The van der Waals surface area contributed by atoms with E-state index in [0.717, 1.165) is 22.6 Å². The third-order valence-electron chi connectivity index (χ3n) is 3.18. The van der Waals surface area contributed by atoms with Gasteiger partial charge in [0.05, 0.1) is 10.6 Å². The zero-order valence-electron chi connectivity index (χ0n) is 11.7. The van der Waals surface area contributed by atoms with Crippen LogP contribution >= 0.6 is 0 Å². The Morgan fingerprint density at radius 2 is 1.85 bits per heavy atom. The van der Waals surface area contributed by atoms with Crippen molar-refractivity contribution in [2.75, 3.05) is 12.4 Å². The molecule has 2 rings (SSSR count). The average molecular weight is 294 g/mol. The molecule has 0 aliphatic carbocycles. The number of nitrogens with zero attached hydrogens (tertiary/aromatic N) is 1. The number of aryl methyl sites for hydroxylation is 2. The van der Waals surface area contributed by atoms with Crippen LogP contribution in [0, 0.1) is 13.8 Å². The van der Waals surface area contributed by atoms with Crippen molar-refractivity contribution in [1.82, 2.24) is 14.9 Å². The summed E-state index contributed by atoms with van der Waals surface area (Å²) in [7, 11) is -1.98. The number of hydrogen-bond donors (Lipinski definition) is 3. The maximum atomic E-state index is 11.6. The van der Waals surface area contributed by atoms with Crippen molar-refractivity contribution in [2.24, 2.45) is 0 Å². The molecule has 0 amide bonds. The molecule has 20 heavy (non-hydrogen) atoms. The van der Waals surface area contributed by atoms with Gasteiger partial charge < -0.3 is 5.32 Å². The molecule has 3 N–H and O–H groups in total. The van der Waals surface area contributed by atoms with Crippen LogP contribution < -0.4 is 10.0 Å². The van der Waals surface area contributed by atoms with Crippen LogP contribution in [-0.2, 0) is 16.6 Å². The fourth-order valence-electron chi connectivity index (χ4n) is 1.89. The molecule has 0 atom stereocenters. The highest BCUT2D eigenvalue weighted by molar-refractivity contribution is 7.89. The minimum Gasteiger partial charge on any atom is -0.381 e. The number of rotatable bonds is 5. The Hall–Kier alpha value is -1.86. The first-order valence-electron chi connectivity index (χ1n) is 6.22. The molecule has 6 nitrogen and oxygen atoms in total. The van der Waals surface area contributed by atoms with E-state index in [2.05, 4.69) is 20.2 Å². The summed E-state index contributed by atoms with van der Waals surface area (Å²) in [5, 5.41) is 10.3. The SMILES string of the molecule is CNS(=O)(=O)c1ccc(NCc2c(C)n[nH]c2C)cc1. The van der Waals surface area contributed by atoms with E-state index >= 15 is 0 Å². The van der Waals surface area contributed by atoms with Gasteiger partial charge in [-0.3, -0.25) is 5.10 Å². The Bertz CT molecular complexity index is 670. The summed E-state index contributed by atoms with van der Waals surface area (Å²) < 4.78 is 25.5. The highest BCUT2D eigenvalue weighted by atomic mass is 32.2. The quantitative estimate of drug-likeness (QED) is 0.781. The molecule has 2 aromatic rings. The van der Waals surface area contributed by atoms with Gasteiger partial charge in [0.1, 0.15) is 0 Å². The van der Waals surface area contributed by atoms with Gasteiger partial charge in [-0.2, -0.15) is 5.10 Å². The van der Waals surface area contributed by atoms with Crippen LogP contribution in [0.3, 0.4) is 0 Å².